The molecular weight excluding hydrogens is 524 g/mol. The van der Waals surface area contributed by atoms with Crippen molar-refractivity contribution >= 4 is 16.6 Å². The second kappa shape index (κ2) is 9.37. The van der Waals surface area contributed by atoms with Crippen molar-refractivity contribution in [2.24, 2.45) is 0 Å². The molecule has 1 atom stereocenters. The molecule has 204 valence electrons. The molecule has 1 aliphatic heterocycles. The molecule has 4 heterocycles. The molecule has 10 heteroatoms. The highest BCUT2D eigenvalue weighted by molar-refractivity contribution is 5.87. The minimum absolute atomic E-state index is 0.289. The zero-order chi connectivity index (χ0) is 28.2. The van der Waals surface area contributed by atoms with Crippen LogP contribution in [0.2, 0.25) is 0 Å². The molecule has 3 aromatic carbocycles. The van der Waals surface area contributed by atoms with Crippen molar-refractivity contribution in [2.75, 3.05) is 21.3 Å². The molecule has 0 spiro atoms. The average Bonchev–Trinajstić information content (AvgIpc) is 3.44. The lowest BCUT2D eigenvalue weighted by Gasteiger charge is -2.28. The third-order valence-electron chi connectivity index (χ3n) is 7.39. The van der Waals surface area contributed by atoms with Crippen LogP contribution in [-0.4, -0.2) is 40.9 Å². The van der Waals surface area contributed by atoms with Crippen molar-refractivity contribution in [3.05, 3.63) is 99.7 Å². The van der Waals surface area contributed by atoms with Crippen molar-refractivity contribution in [1.82, 2.24) is 19.6 Å². The van der Waals surface area contributed by atoms with Crippen LogP contribution in [0.15, 0.2) is 76.2 Å². The fraction of sp³-hybridized carbons (Fsp3) is 0.161. The monoisotopic (exact) mass is 548 g/mol. The van der Waals surface area contributed by atoms with Crippen LogP contribution in [0.5, 0.6) is 28.9 Å². The number of fused-ring (bicyclic) bond motifs is 6. The molecule has 0 radical (unpaired) electrons. The molecule has 1 aliphatic rings. The van der Waals surface area contributed by atoms with Gasteiger partial charge in [0.05, 0.1) is 43.8 Å². The van der Waals surface area contributed by atoms with Crippen LogP contribution < -0.4 is 24.6 Å². The topological polar surface area (TPSA) is 110 Å². The quantitative estimate of drug-likeness (QED) is 0.257. The Kier molecular flexibility index (Phi) is 5.63. The Bertz CT molecular complexity index is 2050. The van der Waals surface area contributed by atoms with Gasteiger partial charge in [0.15, 0.2) is 28.7 Å². The summed E-state index contributed by atoms with van der Waals surface area (Å²) in [7, 11) is 4.66. The third-order valence-corrected chi connectivity index (χ3v) is 7.39. The minimum atomic E-state index is -0.755. The van der Waals surface area contributed by atoms with E-state index in [4.69, 9.17) is 33.4 Å². The normalized spacial score (nSPS) is 13.9. The Morgan fingerprint density at radius 2 is 1.61 bits per heavy atom. The maximum Gasteiger partial charge on any atom is 0.344 e. The predicted octanol–water partition coefficient (Wildman–Crippen LogP) is 5.52. The van der Waals surface area contributed by atoms with E-state index in [0.717, 1.165) is 11.1 Å². The summed E-state index contributed by atoms with van der Waals surface area (Å²) in [6.45, 7) is 2.00. The highest BCUT2D eigenvalue weighted by Gasteiger charge is 2.39. The summed E-state index contributed by atoms with van der Waals surface area (Å²) >= 11 is 0. The summed E-state index contributed by atoms with van der Waals surface area (Å²) in [5.41, 5.74) is 3.69. The number of para-hydroxylation sites is 1. The zero-order valence-corrected chi connectivity index (χ0v) is 22.7. The highest BCUT2D eigenvalue weighted by atomic mass is 16.5. The second-order valence-corrected chi connectivity index (χ2v) is 9.59. The molecule has 0 saturated heterocycles. The average molecular weight is 549 g/mol. The molecule has 10 nitrogen and oxygen atoms in total. The molecule has 0 bridgehead atoms. The van der Waals surface area contributed by atoms with Gasteiger partial charge in [0, 0.05) is 17.2 Å². The highest BCUT2D eigenvalue weighted by Crippen LogP contribution is 2.52. The van der Waals surface area contributed by atoms with Gasteiger partial charge in [-0.25, -0.2) is 19.3 Å². The van der Waals surface area contributed by atoms with Gasteiger partial charge in [0.25, 0.3) is 0 Å². The summed E-state index contributed by atoms with van der Waals surface area (Å²) in [6.07, 6.45) is 1.56. The van der Waals surface area contributed by atoms with Crippen LogP contribution in [0, 0.1) is 6.92 Å². The molecular formula is C31H24N4O6. The lowest BCUT2D eigenvalue weighted by atomic mass is 9.83. The number of ether oxygens (including phenoxy) is 4. The van der Waals surface area contributed by atoms with Gasteiger partial charge in [0.2, 0.25) is 5.88 Å². The summed E-state index contributed by atoms with van der Waals surface area (Å²) in [5.74, 6) is 1.84. The summed E-state index contributed by atoms with van der Waals surface area (Å²) in [4.78, 5) is 23.3. The Balaban J connectivity index is 1.59. The number of hydrogen-bond donors (Lipinski definition) is 0. The summed E-state index contributed by atoms with van der Waals surface area (Å²) in [5, 5.41) is 5.36. The standard InChI is InChI=1S/C31H24N4O6/c1-16-9-5-6-10-17(16)28-33-29-26-24(19-13-22(38-3)23(39-4)14-21(19)37-2)25-27(41-30(26)32-15-35(29)34-28)18-11-7-8-12-20(18)40-31(25)36/h5-15,24H,1-4H3. The van der Waals surface area contributed by atoms with E-state index < -0.39 is 11.5 Å². The first kappa shape index (κ1) is 24.6. The number of nitrogens with zero attached hydrogens (tertiary/aromatic N) is 4. The smallest absolute Gasteiger partial charge is 0.344 e. The molecule has 0 amide bonds. The minimum Gasteiger partial charge on any atom is -0.496 e. The second-order valence-electron chi connectivity index (χ2n) is 9.59. The lowest BCUT2D eigenvalue weighted by Crippen LogP contribution is -2.23. The Morgan fingerprint density at radius 1 is 0.878 bits per heavy atom. The molecule has 0 aliphatic carbocycles. The van der Waals surface area contributed by atoms with Crippen molar-refractivity contribution in [3.63, 3.8) is 0 Å². The van der Waals surface area contributed by atoms with E-state index in [9.17, 15) is 4.79 Å². The first-order valence-corrected chi connectivity index (χ1v) is 12.9. The van der Waals surface area contributed by atoms with Crippen molar-refractivity contribution in [2.45, 2.75) is 12.8 Å². The molecule has 7 rings (SSSR count). The number of methoxy groups -OCH3 is 3. The molecule has 0 N–H and O–H groups in total. The van der Waals surface area contributed by atoms with E-state index in [1.165, 1.54) is 0 Å². The van der Waals surface area contributed by atoms with Crippen LogP contribution in [0.3, 0.4) is 0 Å². The number of aryl methyl sites for hydroxylation is 1. The van der Waals surface area contributed by atoms with Gasteiger partial charge in [-0.1, -0.05) is 36.4 Å². The number of hydrogen-bond acceptors (Lipinski definition) is 9. The van der Waals surface area contributed by atoms with Gasteiger partial charge in [-0.2, -0.15) is 0 Å². The molecule has 3 aromatic heterocycles. The molecule has 41 heavy (non-hydrogen) atoms. The molecule has 1 unspecified atom stereocenters. The number of benzene rings is 3. The van der Waals surface area contributed by atoms with Gasteiger partial charge in [-0.15, -0.1) is 5.10 Å². The number of rotatable bonds is 5. The Morgan fingerprint density at radius 3 is 2.39 bits per heavy atom. The first-order chi connectivity index (χ1) is 20.0. The van der Waals surface area contributed by atoms with Crippen molar-refractivity contribution in [3.8, 4) is 40.3 Å². The van der Waals surface area contributed by atoms with E-state index in [1.807, 2.05) is 43.3 Å². The van der Waals surface area contributed by atoms with Gasteiger partial charge in [-0.05, 0) is 30.7 Å². The van der Waals surface area contributed by atoms with Crippen molar-refractivity contribution in [1.29, 1.82) is 0 Å². The molecule has 0 saturated carbocycles. The predicted molar refractivity (Wildman–Crippen MR) is 151 cm³/mol. The van der Waals surface area contributed by atoms with E-state index in [1.54, 1.807) is 56.4 Å². The fourth-order valence-corrected chi connectivity index (χ4v) is 5.46. The van der Waals surface area contributed by atoms with Gasteiger partial charge in [0.1, 0.15) is 17.7 Å². The fourth-order valence-electron chi connectivity index (χ4n) is 5.46. The third kappa shape index (κ3) is 3.71. The largest absolute Gasteiger partial charge is 0.496 e. The van der Waals surface area contributed by atoms with E-state index >= 15 is 0 Å². The molecule has 6 aromatic rings. The molecule has 0 fully saturated rings. The van der Waals surface area contributed by atoms with E-state index in [-0.39, 0.29) is 5.56 Å². The number of aromatic nitrogens is 4. The first-order valence-electron chi connectivity index (χ1n) is 12.9. The maximum atomic E-state index is 13.7. The lowest BCUT2D eigenvalue weighted by molar-refractivity contribution is 0.346. The zero-order valence-electron chi connectivity index (χ0n) is 22.7. The van der Waals surface area contributed by atoms with Gasteiger partial charge < -0.3 is 23.4 Å². The van der Waals surface area contributed by atoms with Crippen LogP contribution in [0.4, 0.5) is 0 Å². The van der Waals surface area contributed by atoms with Crippen molar-refractivity contribution < 1.29 is 23.4 Å². The Labute approximate surface area is 233 Å². The Hall–Kier alpha value is -5.38. The van der Waals surface area contributed by atoms with Crippen LogP contribution in [-0.2, 0) is 0 Å². The van der Waals surface area contributed by atoms with Crippen LogP contribution >= 0.6 is 0 Å². The summed E-state index contributed by atoms with van der Waals surface area (Å²) in [6, 6.07) is 18.6. The van der Waals surface area contributed by atoms with Gasteiger partial charge >= 0.3 is 5.63 Å². The van der Waals surface area contributed by atoms with Crippen LogP contribution in [0.25, 0.3) is 28.0 Å². The van der Waals surface area contributed by atoms with E-state index in [2.05, 4.69) is 4.98 Å². The van der Waals surface area contributed by atoms with E-state index in [0.29, 0.717) is 62.4 Å². The summed E-state index contributed by atoms with van der Waals surface area (Å²) < 4.78 is 30.8. The SMILES string of the molecule is COc1cc(OC)c(C2c3c(c4ccccc4oc3=O)Oc3ncn4nc(-c5ccccc5C)nc4c32)cc1OC. The maximum absolute atomic E-state index is 13.7. The van der Waals surface area contributed by atoms with Crippen LogP contribution in [0.1, 0.15) is 28.2 Å². The van der Waals surface area contributed by atoms with Gasteiger partial charge in [-0.3, -0.25) is 0 Å².